The van der Waals surface area contributed by atoms with E-state index in [4.69, 9.17) is 6.58 Å². The molecule has 0 unspecified atom stereocenters. The number of hydrogen-bond acceptors (Lipinski definition) is 0. The van der Waals surface area contributed by atoms with E-state index < -0.39 is 0 Å². The molecule has 0 aliphatic carbocycles. The van der Waals surface area contributed by atoms with Crippen molar-refractivity contribution in [3.05, 3.63) is 67.7 Å². The van der Waals surface area contributed by atoms with E-state index in [9.17, 15) is 0 Å². The first kappa shape index (κ1) is 27.8. The number of rotatable bonds is 11. The molecule has 0 aromatic carbocycles. The third kappa shape index (κ3) is 17.3. The van der Waals surface area contributed by atoms with Crippen molar-refractivity contribution < 1.29 is 71.4 Å². The van der Waals surface area contributed by atoms with E-state index in [-0.39, 0.29) is 40.1 Å². The summed E-state index contributed by atoms with van der Waals surface area (Å²) in [6.45, 7) is 7.62. The molecule has 22 heavy (non-hydrogen) atoms. The van der Waals surface area contributed by atoms with Gasteiger partial charge in [-0.25, -0.2) is 0 Å². The molecule has 0 spiro atoms. The maximum absolute atomic E-state index is 5.40. The predicted octanol–water partition coefficient (Wildman–Crippen LogP) is 4.86. The van der Waals surface area contributed by atoms with E-state index in [1.54, 1.807) is 6.08 Å². The van der Waals surface area contributed by atoms with Gasteiger partial charge in [0.2, 0.25) is 0 Å². The molecular formula is C19H25W2Y-3. The van der Waals surface area contributed by atoms with Gasteiger partial charge in [-0.05, 0) is 0 Å². The van der Waals surface area contributed by atoms with Crippen molar-refractivity contribution in [1.29, 1.82) is 0 Å². The molecule has 119 valence electrons. The normalized spacial score (nSPS) is 11.9. The summed E-state index contributed by atoms with van der Waals surface area (Å²) in [6.07, 6.45) is 20.9. The number of allylic oxidation sites excluding steroid dienone is 9. The summed E-state index contributed by atoms with van der Waals surface area (Å²) in [6, 6.07) is 0. The van der Waals surface area contributed by atoms with Crippen LogP contribution in [0.2, 0.25) is 0 Å². The summed E-state index contributed by atoms with van der Waals surface area (Å²) < 4.78 is 4.44. The Morgan fingerprint density at radius 1 is 1.09 bits per heavy atom. The average Bonchev–Trinajstić information content (AvgIpc) is 2.48. The Morgan fingerprint density at radius 3 is 2.27 bits per heavy atom. The monoisotopic (exact) mass is 710 g/mol. The SMILES string of the molecule is [CH-]=C/C=C(\[CH]=[W])CCC=C[C-]=C/C=C(\[CH]=[W])CCCC.[CH3-].[Y]. The van der Waals surface area contributed by atoms with E-state index in [0.717, 1.165) is 12.8 Å². The third-order valence-corrected chi connectivity index (χ3v) is 4.81. The fourth-order valence-electron chi connectivity index (χ4n) is 1.48. The Bertz CT molecular complexity index is 415. The Labute approximate surface area is 185 Å². The molecule has 0 bridgehead atoms. The van der Waals surface area contributed by atoms with E-state index in [0.29, 0.717) is 0 Å². The van der Waals surface area contributed by atoms with Crippen LogP contribution in [0.25, 0.3) is 0 Å². The van der Waals surface area contributed by atoms with Gasteiger partial charge in [-0.3, -0.25) is 0 Å². The topological polar surface area (TPSA) is 0 Å². The van der Waals surface area contributed by atoms with Gasteiger partial charge >= 0.3 is 147 Å². The van der Waals surface area contributed by atoms with Crippen LogP contribution in [0.4, 0.5) is 0 Å². The first-order valence-electron chi connectivity index (χ1n) is 6.86. The smallest absolute Gasteiger partial charge is 0 e. The Hall–Kier alpha value is 0.921. The molecule has 0 N–H and O–H groups in total. The van der Waals surface area contributed by atoms with E-state index >= 15 is 0 Å². The Balaban J connectivity index is -0.00000180. The predicted molar refractivity (Wildman–Crippen MR) is 89.3 cm³/mol. The summed E-state index contributed by atoms with van der Waals surface area (Å²) >= 11 is 2.98. The van der Waals surface area contributed by atoms with Crippen LogP contribution in [0.3, 0.4) is 0 Å². The molecule has 0 saturated carbocycles. The second-order valence-corrected chi connectivity index (χ2v) is 5.98. The molecule has 0 aromatic heterocycles. The fraction of sp³-hybridized carbons (Fsp3) is 0.316. The van der Waals surface area contributed by atoms with Crippen LogP contribution in [0.5, 0.6) is 0 Å². The molecule has 0 fully saturated rings. The van der Waals surface area contributed by atoms with Gasteiger partial charge in [0.15, 0.2) is 0 Å². The summed E-state index contributed by atoms with van der Waals surface area (Å²) in [5.41, 5.74) is 2.73. The number of hydrogen-bond donors (Lipinski definition) is 0. The molecule has 0 aliphatic heterocycles. The first-order chi connectivity index (χ1) is 9.78. The summed E-state index contributed by atoms with van der Waals surface area (Å²) in [7, 11) is 0. The molecule has 1 radical (unpaired) electrons. The quantitative estimate of drug-likeness (QED) is 0.213. The zero-order valence-corrected chi connectivity index (χ0v) is 22.3. The minimum atomic E-state index is 0. The van der Waals surface area contributed by atoms with Crippen LogP contribution in [-0.2, 0) is 71.4 Å². The van der Waals surface area contributed by atoms with Gasteiger partial charge in [0.1, 0.15) is 0 Å². The van der Waals surface area contributed by atoms with Crippen LogP contribution in [0, 0.1) is 20.1 Å². The van der Waals surface area contributed by atoms with Crippen molar-refractivity contribution in [1.82, 2.24) is 0 Å². The van der Waals surface area contributed by atoms with Crippen LogP contribution in [0.15, 0.2) is 47.6 Å². The van der Waals surface area contributed by atoms with Crippen LogP contribution in [0.1, 0.15) is 39.0 Å². The largest absolute Gasteiger partial charge is 0.358 e. The van der Waals surface area contributed by atoms with E-state index in [2.05, 4.69) is 34.0 Å². The minimum absolute atomic E-state index is 0. The maximum Gasteiger partial charge on any atom is 0 e. The molecule has 0 aromatic rings. The first-order valence-corrected chi connectivity index (χ1v) is 10.2. The zero-order chi connectivity index (χ0) is 15.1. The van der Waals surface area contributed by atoms with Gasteiger partial charge in [-0.2, -0.15) is 0 Å². The molecule has 0 saturated heterocycles. The Kier molecular flexibility index (Phi) is 27.7. The fourth-order valence-corrected chi connectivity index (χ4v) is 2.89. The summed E-state index contributed by atoms with van der Waals surface area (Å²) in [5, 5.41) is 0. The zero-order valence-electron chi connectivity index (χ0n) is 13.6. The van der Waals surface area contributed by atoms with Gasteiger partial charge in [-0.1, -0.05) is 0 Å². The van der Waals surface area contributed by atoms with Crippen molar-refractivity contribution in [3.8, 4) is 0 Å². The van der Waals surface area contributed by atoms with Gasteiger partial charge in [0.25, 0.3) is 0 Å². The van der Waals surface area contributed by atoms with Gasteiger partial charge in [0, 0.05) is 32.7 Å². The van der Waals surface area contributed by atoms with E-state index in [1.165, 1.54) is 69.1 Å². The summed E-state index contributed by atoms with van der Waals surface area (Å²) in [5.74, 6) is 0. The van der Waals surface area contributed by atoms with Gasteiger partial charge in [0.05, 0.1) is 0 Å². The van der Waals surface area contributed by atoms with Crippen molar-refractivity contribution >= 4 is 8.80 Å². The molecule has 0 amide bonds. The van der Waals surface area contributed by atoms with Gasteiger partial charge < -0.3 is 7.43 Å². The molecule has 0 rings (SSSR count). The Morgan fingerprint density at radius 2 is 1.73 bits per heavy atom. The maximum atomic E-state index is 5.40. The second-order valence-electron chi connectivity index (χ2n) is 4.29. The molecule has 3 heteroatoms. The van der Waals surface area contributed by atoms with E-state index in [1.807, 2.05) is 18.2 Å². The molecule has 0 aliphatic rings. The minimum Gasteiger partial charge on any atom is -0.358 e. The van der Waals surface area contributed by atoms with Crippen molar-refractivity contribution in [2.24, 2.45) is 0 Å². The molecule has 0 nitrogen and oxygen atoms in total. The number of unbranched alkanes of at least 4 members (excludes halogenated alkanes) is 1. The third-order valence-electron chi connectivity index (χ3n) is 2.64. The molecule has 0 heterocycles. The van der Waals surface area contributed by atoms with Crippen molar-refractivity contribution in [2.75, 3.05) is 0 Å². The van der Waals surface area contributed by atoms with Crippen LogP contribution >= 0.6 is 0 Å². The summed E-state index contributed by atoms with van der Waals surface area (Å²) in [4.78, 5) is 0. The standard InChI is InChI=1S/C18H22.CH3.2W.Y/c1-5-7-14-18(4)16-12-10-8-9-11-15-17(3)13-6-2;;;;/h2-4,6,8-9,12-13,16H,5,7,11,14-15H2,1H3;1H3;;;/q-2;-1;;;/b9-8?,17-13+,18-16+;;;;. The van der Waals surface area contributed by atoms with Crippen LogP contribution in [-0.4, -0.2) is 8.80 Å². The van der Waals surface area contributed by atoms with Crippen molar-refractivity contribution in [3.63, 3.8) is 0 Å². The molecule has 0 atom stereocenters. The average molecular weight is 710 g/mol. The second kappa shape index (κ2) is 21.9. The van der Waals surface area contributed by atoms with Crippen molar-refractivity contribution in [2.45, 2.75) is 39.0 Å². The van der Waals surface area contributed by atoms with Crippen LogP contribution < -0.4 is 0 Å². The molecular weight excluding hydrogens is 685 g/mol. The van der Waals surface area contributed by atoms with Gasteiger partial charge in [-0.15, -0.1) is 0 Å².